The molecule has 0 radical (unpaired) electrons. The lowest BCUT2D eigenvalue weighted by Gasteiger charge is -2.34. The lowest BCUT2D eigenvalue weighted by atomic mass is 10.0. The third-order valence-electron chi connectivity index (χ3n) is 6.27. The molecule has 1 fully saturated rings. The summed E-state index contributed by atoms with van der Waals surface area (Å²) in [6, 6.07) is 6.47. The van der Waals surface area contributed by atoms with Gasteiger partial charge in [-0.05, 0) is 63.9 Å². The highest BCUT2D eigenvalue weighted by Crippen LogP contribution is 2.30. The molecule has 6 heteroatoms. The predicted octanol–water partition coefficient (Wildman–Crippen LogP) is 4.04. The minimum absolute atomic E-state index is 0.210. The van der Waals surface area contributed by atoms with Crippen LogP contribution >= 0.6 is 0 Å². The van der Waals surface area contributed by atoms with E-state index in [0.717, 1.165) is 47.8 Å². The Hall–Kier alpha value is -2.75. The zero-order chi connectivity index (χ0) is 21.8. The maximum absolute atomic E-state index is 9.86. The fourth-order valence-corrected chi connectivity index (χ4v) is 4.48. The summed E-state index contributed by atoms with van der Waals surface area (Å²) in [5.74, 6) is 7.50. The highest BCUT2D eigenvalue weighted by Gasteiger charge is 2.23. The van der Waals surface area contributed by atoms with Gasteiger partial charge in [0.15, 0.2) is 0 Å². The number of fused-ring (bicyclic) bond motifs is 1. The zero-order valence-corrected chi connectivity index (χ0v) is 18.6. The van der Waals surface area contributed by atoms with Crippen LogP contribution in [0.25, 0.3) is 10.9 Å². The lowest BCUT2D eigenvalue weighted by molar-refractivity contribution is 0.0844. The van der Waals surface area contributed by atoms with Crippen LogP contribution in [-0.4, -0.2) is 45.5 Å². The molecule has 2 aromatic heterocycles. The number of aliphatic hydroxyl groups excluding tert-OH is 1. The Morgan fingerprint density at radius 3 is 2.87 bits per heavy atom. The second-order valence-corrected chi connectivity index (χ2v) is 8.28. The fraction of sp³-hybridized carbons (Fsp3) is 0.480. The van der Waals surface area contributed by atoms with E-state index in [9.17, 15) is 5.11 Å². The molecular weight excluding hydrogens is 390 g/mol. The average Bonchev–Trinajstić information content (AvgIpc) is 3.28. The second-order valence-electron chi connectivity index (χ2n) is 8.28. The van der Waals surface area contributed by atoms with Gasteiger partial charge in [-0.25, -0.2) is 0 Å². The Labute approximate surface area is 183 Å². The van der Waals surface area contributed by atoms with Crippen molar-refractivity contribution in [1.82, 2.24) is 14.6 Å². The maximum Gasteiger partial charge on any atom is 0.149 e. The fourth-order valence-electron chi connectivity index (χ4n) is 4.48. The minimum Gasteiger partial charge on any atom is -0.481 e. The SMILES string of the molecule is CC#CCOc1ccc2c(c1)c(CN1CCCCC1CO)cn2Cc1c(C)noc1C. The normalized spacial score (nSPS) is 17.0. The van der Waals surface area contributed by atoms with Crippen molar-refractivity contribution in [1.29, 1.82) is 0 Å². The predicted molar refractivity (Wildman–Crippen MR) is 121 cm³/mol. The molecule has 164 valence electrons. The standard InChI is InChI=1S/C25H31N3O3/c1-4-5-12-30-22-9-10-25-23(13-22)20(14-27-11-7-6-8-21(27)17-29)15-28(25)16-24-18(2)26-31-19(24)3/h9-10,13,15,21,29H,6-8,11-12,14,16-17H2,1-3H3. The molecule has 4 rings (SSSR count). The smallest absolute Gasteiger partial charge is 0.149 e. The van der Waals surface area contributed by atoms with Gasteiger partial charge >= 0.3 is 0 Å². The van der Waals surface area contributed by atoms with Gasteiger partial charge < -0.3 is 18.9 Å². The molecule has 1 atom stereocenters. The monoisotopic (exact) mass is 421 g/mol. The molecule has 0 spiro atoms. The van der Waals surface area contributed by atoms with Gasteiger partial charge in [-0.15, -0.1) is 5.92 Å². The van der Waals surface area contributed by atoms with E-state index in [1.165, 1.54) is 23.8 Å². The summed E-state index contributed by atoms with van der Waals surface area (Å²) in [7, 11) is 0. The van der Waals surface area contributed by atoms with E-state index in [0.29, 0.717) is 13.2 Å². The van der Waals surface area contributed by atoms with Crippen molar-refractivity contribution in [3.8, 4) is 17.6 Å². The highest BCUT2D eigenvalue weighted by molar-refractivity contribution is 5.85. The summed E-state index contributed by atoms with van der Waals surface area (Å²) >= 11 is 0. The highest BCUT2D eigenvalue weighted by atomic mass is 16.5. The molecule has 3 aromatic rings. The van der Waals surface area contributed by atoms with Crippen LogP contribution in [0, 0.1) is 25.7 Å². The van der Waals surface area contributed by atoms with Gasteiger partial charge in [0.1, 0.15) is 18.1 Å². The van der Waals surface area contributed by atoms with Crippen LogP contribution in [0.15, 0.2) is 28.9 Å². The van der Waals surface area contributed by atoms with Gasteiger partial charge in [-0.3, -0.25) is 4.90 Å². The third kappa shape index (κ3) is 4.63. The van der Waals surface area contributed by atoms with E-state index < -0.39 is 0 Å². The van der Waals surface area contributed by atoms with E-state index >= 15 is 0 Å². The van der Waals surface area contributed by atoms with Crippen molar-refractivity contribution >= 4 is 10.9 Å². The molecule has 0 aliphatic carbocycles. The number of ether oxygens (including phenoxy) is 1. The lowest BCUT2D eigenvalue weighted by Crippen LogP contribution is -2.41. The van der Waals surface area contributed by atoms with Crippen molar-refractivity contribution in [3.63, 3.8) is 0 Å². The van der Waals surface area contributed by atoms with Crippen molar-refractivity contribution in [2.75, 3.05) is 19.8 Å². The summed E-state index contributed by atoms with van der Waals surface area (Å²) in [6.45, 7) is 8.90. The first kappa shape index (κ1) is 21.5. The number of aromatic nitrogens is 2. The van der Waals surface area contributed by atoms with Crippen molar-refractivity contribution < 1.29 is 14.4 Å². The first-order valence-corrected chi connectivity index (χ1v) is 11.0. The van der Waals surface area contributed by atoms with Crippen molar-refractivity contribution in [3.05, 3.63) is 47.0 Å². The van der Waals surface area contributed by atoms with Crippen LogP contribution in [0.1, 0.15) is 48.8 Å². The summed E-state index contributed by atoms with van der Waals surface area (Å²) in [6.07, 6.45) is 5.65. The number of piperidine rings is 1. The maximum atomic E-state index is 9.86. The molecule has 1 aliphatic rings. The molecule has 1 unspecified atom stereocenters. The summed E-state index contributed by atoms with van der Waals surface area (Å²) < 4.78 is 13.5. The van der Waals surface area contributed by atoms with Gasteiger partial charge in [0, 0.05) is 35.2 Å². The van der Waals surface area contributed by atoms with E-state index in [4.69, 9.17) is 9.26 Å². The second kappa shape index (κ2) is 9.59. The first-order valence-electron chi connectivity index (χ1n) is 11.0. The Morgan fingerprint density at radius 1 is 1.26 bits per heavy atom. The molecular formula is C25H31N3O3. The van der Waals surface area contributed by atoms with Crippen LogP contribution in [-0.2, 0) is 13.1 Å². The third-order valence-corrected chi connectivity index (χ3v) is 6.27. The number of aryl methyl sites for hydroxylation is 2. The molecule has 0 amide bonds. The topological polar surface area (TPSA) is 63.7 Å². The van der Waals surface area contributed by atoms with Crippen molar-refractivity contribution in [2.45, 2.75) is 59.2 Å². The number of hydrogen-bond acceptors (Lipinski definition) is 5. The van der Waals surface area contributed by atoms with E-state index in [1.807, 2.05) is 26.8 Å². The zero-order valence-electron chi connectivity index (χ0n) is 18.6. The molecule has 0 bridgehead atoms. The Kier molecular flexibility index (Phi) is 6.64. The number of likely N-dealkylation sites (tertiary alicyclic amines) is 1. The van der Waals surface area contributed by atoms with Gasteiger partial charge in [0.2, 0.25) is 0 Å². The minimum atomic E-state index is 0.210. The number of rotatable bonds is 7. The summed E-state index contributed by atoms with van der Waals surface area (Å²) in [5.41, 5.74) is 4.44. The van der Waals surface area contributed by atoms with E-state index in [-0.39, 0.29) is 12.6 Å². The van der Waals surface area contributed by atoms with Gasteiger partial charge in [0.25, 0.3) is 0 Å². The average molecular weight is 422 g/mol. The summed E-state index contributed by atoms with van der Waals surface area (Å²) in [5, 5.41) is 15.1. The van der Waals surface area contributed by atoms with Crippen molar-refractivity contribution in [2.24, 2.45) is 0 Å². The molecule has 31 heavy (non-hydrogen) atoms. The molecule has 1 saturated heterocycles. The van der Waals surface area contributed by atoms with Crippen LogP contribution in [0.3, 0.4) is 0 Å². The van der Waals surface area contributed by atoms with Gasteiger partial charge in [0.05, 0.1) is 18.8 Å². The van der Waals surface area contributed by atoms with Crippen LogP contribution in [0.5, 0.6) is 5.75 Å². The summed E-state index contributed by atoms with van der Waals surface area (Å²) in [4.78, 5) is 2.41. The van der Waals surface area contributed by atoms with E-state index in [2.05, 4.69) is 44.8 Å². The molecule has 1 aromatic carbocycles. The van der Waals surface area contributed by atoms with E-state index in [1.54, 1.807) is 0 Å². The quantitative estimate of drug-likeness (QED) is 0.583. The molecule has 6 nitrogen and oxygen atoms in total. The first-order chi connectivity index (χ1) is 15.1. The molecule has 1 aliphatic heterocycles. The number of aliphatic hydroxyl groups is 1. The van der Waals surface area contributed by atoms with Crippen LogP contribution in [0.4, 0.5) is 0 Å². The number of benzene rings is 1. The number of hydrogen-bond donors (Lipinski definition) is 1. The largest absolute Gasteiger partial charge is 0.481 e. The molecule has 0 saturated carbocycles. The van der Waals surface area contributed by atoms with Gasteiger partial charge in [-0.1, -0.05) is 17.5 Å². The number of nitrogens with zero attached hydrogens (tertiary/aromatic N) is 3. The van der Waals surface area contributed by atoms with Gasteiger partial charge in [-0.2, -0.15) is 0 Å². The van der Waals surface area contributed by atoms with Crippen LogP contribution < -0.4 is 4.74 Å². The Balaban J connectivity index is 1.70. The molecule has 1 N–H and O–H groups in total. The Bertz CT molecular complexity index is 1080. The Morgan fingerprint density at radius 2 is 2.13 bits per heavy atom. The molecule has 3 heterocycles. The van der Waals surface area contributed by atoms with Crippen LogP contribution in [0.2, 0.25) is 0 Å².